The highest BCUT2D eigenvalue weighted by atomic mass is 35.5. The largest absolute Gasteiger partial charge is 0.461 e. The lowest BCUT2D eigenvalue weighted by Gasteiger charge is -2.10. The minimum absolute atomic E-state index is 0.0382. The second kappa shape index (κ2) is 5.83. The van der Waals surface area contributed by atoms with E-state index in [2.05, 4.69) is 15.0 Å². The average Bonchev–Trinajstić information content (AvgIpc) is 2.87. The van der Waals surface area contributed by atoms with Gasteiger partial charge in [-0.25, -0.2) is 9.97 Å². The molecular weight excluding hydrogens is 322 g/mol. The number of halogens is 1. The number of thioether (sulfide) groups is 1. The van der Waals surface area contributed by atoms with Gasteiger partial charge in [0.05, 0.1) is 22.2 Å². The van der Waals surface area contributed by atoms with Gasteiger partial charge in [0, 0.05) is 11.5 Å². The number of furan rings is 1. The highest BCUT2D eigenvalue weighted by Crippen LogP contribution is 2.34. The molecule has 3 rings (SSSR count). The molecular formula is C14H10ClN5OS. The van der Waals surface area contributed by atoms with Crippen LogP contribution in [0.2, 0.25) is 5.02 Å². The van der Waals surface area contributed by atoms with E-state index in [1.165, 1.54) is 24.1 Å². The van der Waals surface area contributed by atoms with E-state index in [0.29, 0.717) is 15.8 Å². The van der Waals surface area contributed by atoms with Crippen molar-refractivity contribution >= 4 is 40.1 Å². The van der Waals surface area contributed by atoms with Gasteiger partial charge in [-0.05, 0) is 13.0 Å². The van der Waals surface area contributed by atoms with Gasteiger partial charge in [0.2, 0.25) is 0 Å². The Hall–Kier alpha value is -2.30. The molecule has 1 unspecified atom stereocenters. The van der Waals surface area contributed by atoms with Crippen LogP contribution in [0.15, 0.2) is 34.2 Å². The molecule has 22 heavy (non-hydrogen) atoms. The van der Waals surface area contributed by atoms with Crippen molar-refractivity contribution < 1.29 is 4.42 Å². The highest BCUT2D eigenvalue weighted by molar-refractivity contribution is 7.99. The van der Waals surface area contributed by atoms with E-state index in [1.54, 1.807) is 6.20 Å². The lowest BCUT2D eigenvalue weighted by molar-refractivity contribution is 0.614. The molecule has 3 aromatic heterocycles. The Kier molecular flexibility index (Phi) is 3.88. The third-order valence-corrected chi connectivity index (χ3v) is 4.26. The average molecular weight is 332 g/mol. The van der Waals surface area contributed by atoms with Gasteiger partial charge in [0.15, 0.2) is 10.7 Å². The number of hydrogen-bond acceptors (Lipinski definition) is 7. The van der Waals surface area contributed by atoms with Crippen LogP contribution in [0.5, 0.6) is 0 Å². The normalized spacial score (nSPS) is 12.2. The number of nitriles is 1. The first-order chi connectivity index (χ1) is 10.6. The molecule has 2 N–H and O–H groups in total. The number of nitrogens with two attached hydrogens (primary N) is 1. The molecule has 0 saturated heterocycles. The molecule has 0 radical (unpaired) electrons. The zero-order valence-electron chi connectivity index (χ0n) is 11.4. The Bertz CT molecular complexity index is 889. The molecule has 0 spiro atoms. The van der Waals surface area contributed by atoms with Gasteiger partial charge in [-0.15, -0.1) is 0 Å². The zero-order chi connectivity index (χ0) is 15.7. The Morgan fingerprint density at radius 3 is 3.00 bits per heavy atom. The van der Waals surface area contributed by atoms with E-state index in [4.69, 9.17) is 27.0 Å². The van der Waals surface area contributed by atoms with E-state index in [0.717, 1.165) is 11.1 Å². The molecule has 3 heterocycles. The first-order valence-electron chi connectivity index (χ1n) is 6.31. The smallest absolute Gasteiger partial charge is 0.191 e. The van der Waals surface area contributed by atoms with E-state index in [-0.39, 0.29) is 16.8 Å². The molecule has 0 aliphatic rings. The number of hydrogen-bond donors (Lipinski definition) is 1. The van der Waals surface area contributed by atoms with Crippen LogP contribution in [0.25, 0.3) is 11.0 Å². The molecule has 0 fully saturated rings. The fourth-order valence-electron chi connectivity index (χ4n) is 1.91. The molecule has 6 nitrogen and oxygen atoms in total. The first kappa shape index (κ1) is 14.6. The van der Waals surface area contributed by atoms with Gasteiger partial charge in [-0.3, -0.25) is 4.98 Å². The first-order valence-corrected chi connectivity index (χ1v) is 7.56. The van der Waals surface area contributed by atoms with E-state index in [1.807, 2.05) is 19.1 Å². The molecule has 0 bridgehead atoms. The lowest BCUT2D eigenvalue weighted by Crippen LogP contribution is -1.99. The number of aromatic nitrogens is 3. The summed E-state index contributed by atoms with van der Waals surface area (Å²) in [5.74, 6) is 0.266. The van der Waals surface area contributed by atoms with Gasteiger partial charge >= 0.3 is 0 Å². The molecule has 8 heteroatoms. The van der Waals surface area contributed by atoms with Crippen molar-refractivity contribution in [3.05, 3.63) is 41.0 Å². The molecule has 0 aliphatic carbocycles. The summed E-state index contributed by atoms with van der Waals surface area (Å²) in [6.45, 7) is 1.96. The number of fused-ring (bicyclic) bond motifs is 1. The Balaban J connectivity index is 1.89. The molecule has 0 aromatic carbocycles. The van der Waals surface area contributed by atoms with Crippen molar-refractivity contribution in [3.63, 3.8) is 0 Å². The van der Waals surface area contributed by atoms with Crippen LogP contribution in [-0.2, 0) is 0 Å². The molecule has 3 aromatic rings. The molecule has 0 amide bonds. The summed E-state index contributed by atoms with van der Waals surface area (Å²) in [6.07, 6.45) is 3.12. The summed E-state index contributed by atoms with van der Waals surface area (Å²) in [4.78, 5) is 12.6. The third kappa shape index (κ3) is 2.84. The highest BCUT2D eigenvalue weighted by Gasteiger charge is 2.14. The number of pyridine rings is 1. The lowest BCUT2D eigenvalue weighted by atomic mass is 10.2. The number of nitrogens with zero attached hydrogens (tertiary/aromatic N) is 4. The fraction of sp³-hybridized carbons (Fsp3) is 0.143. The molecule has 0 saturated carbocycles. The van der Waals surface area contributed by atoms with Crippen LogP contribution >= 0.6 is 23.4 Å². The zero-order valence-corrected chi connectivity index (χ0v) is 13.0. The van der Waals surface area contributed by atoms with E-state index in [9.17, 15) is 0 Å². The minimum Gasteiger partial charge on any atom is -0.461 e. The van der Waals surface area contributed by atoms with Gasteiger partial charge < -0.3 is 10.2 Å². The minimum atomic E-state index is -0.0382. The van der Waals surface area contributed by atoms with Crippen LogP contribution in [-0.4, -0.2) is 15.0 Å². The van der Waals surface area contributed by atoms with Crippen molar-refractivity contribution in [1.29, 1.82) is 5.26 Å². The van der Waals surface area contributed by atoms with Crippen molar-refractivity contribution in [2.24, 2.45) is 0 Å². The summed E-state index contributed by atoms with van der Waals surface area (Å²) in [7, 11) is 0. The van der Waals surface area contributed by atoms with Crippen LogP contribution in [0.4, 0.5) is 5.82 Å². The second-order valence-corrected chi connectivity index (χ2v) is 6.24. The Labute approximate surface area is 135 Å². The maximum Gasteiger partial charge on any atom is 0.191 e. The van der Waals surface area contributed by atoms with E-state index >= 15 is 0 Å². The maximum absolute atomic E-state index is 8.92. The van der Waals surface area contributed by atoms with Crippen LogP contribution in [0.1, 0.15) is 23.6 Å². The predicted octanol–water partition coefficient (Wildman–Crippen LogP) is 3.58. The summed E-state index contributed by atoms with van der Waals surface area (Å²) in [5, 5.41) is 10.7. The summed E-state index contributed by atoms with van der Waals surface area (Å²) >= 11 is 7.43. The number of rotatable bonds is 3. The Morgan fingerprint density at radius 1 is 1.41 bits per heavy atom. The molecule has 0 aliphatic heterocycles. The van der Waals surface area contributed by atoms with Gasteiger partial charge in [0.1, 0.15) is 23.8 Å². The quantitative estimate of drug-likeness (QED) is 0.578. The topological polar surface area (TPSA) is 102 Å². The molecule has 110 valence electrons. The predicted molar refractivity (Wildman–Crippen MR) is 84.5 cm³/mol. The summed E-state index contributed by atoms with van der Waals surface area (Å²) < 4.78 is 5.27. The molecule has 1 atom stereocenters. The third-order valence-electron chi connectivity index (χ3n) is 2.97. The fourth-order valence-corrected chi connectivity index (χ4v) is 2.98. The van der Waals surface area contributed by atoms with Crippen LogP contribution in [0.3, 0.4) is 0 Å². The van der Waals surface area contributed by atoms with Crippen molar-refractivity contribution in [3.8, 4) is 6.07 Å². The summed E-state index contributed by atoms with van der Waals surface area (Å²) in [5.41, 5.74) is 7.36. The van der Waals surface area contributed by atoms with Crippen molar-refractivity contribution in [1.82, 2.24) is 15.0 Å². The maximum atomic E-state index is 8.92. The van der Waals surface area contributed by atoms with Crippen LogP contribution < -0.4 is 5.73 Å². The number of anilines is 1. The monoisotopic (exact) mass is 331 g/mol. The standard InChI is InChI=1S/C14H10ClN5OS/c1-7(22-14-19-8(4-16)2-13(17)20-14)11-3-9-10(15)6-21-12(9)5-18-11/h2-3,5-7H,1H3,(H2,17,19,20). The van der Waals surface area contributed by atoms with Crippen LogP contribution in [0, 0.1) is 11.3 Å². The van der Waals surface area contributed by atoms with Gasteiger partial charge in [-0.1, -0.05) is 23.4 Å². The van der Waals surface area contributed by atoms with Gasteiger partial charge in [-0.2, -0.15) is 5.26 Å². The van der Waals surface area contributed by atoms with Gasteiger partial charge in [0.25, 0.3) is 0 Å². The number of nitrogen functional groups attached to an aromatic ring is 1. The summed E-state index contributed by atoms with van der Waals surface area (Å²) in [6, 6.07) is 5.27. The SMILES string of the molecule is CC(Sc1nc(N)cc(C#N)n1)c1cc2c(Cl)coc2cn1. The second-order valence-electron chi connectivity index (χ2n) is 4.52. The van der Waals surface area contributed by atoms with E-state index < -0.39 is 0 Å². The van der Waals surface area contributed by atoms with Crippen molar-refractivity contribution in [2.75, 3.05) is 5.73 Å². The Morgan fingerprint density at radius 2 is 2.23 bits per heavy atom. The van der Waals surface area contributed by atoms with Crippen molar-refractivity contribution in [2.45, 2.75) is 17.3 Å².